The fraction of sp³-hybridized carbons (Fsp3) is 0.857. The van der Waals surface area contributed by atoms with Crippen molar-refractivity contribution in [3.8, 4) is 0 Å². The number of fused-ring (bicyclic) bond motifs is 3. The Hall–Kier alpha value is -0.330. The van der Waals surface area contributed by atoms with Crippen LogP contribution in [-0.2, 0) is 19.1 Å². The van der Waals surface area contributed by atoms with E-state index in [9.17, 15) is 9.59 Å². The maximum atomic E-state index is 12.1. The number of halogens is 1. The number of ether oxygens (including phenoxy) is 2. The molecule has 5 atom stereocenters. The van der Waals surface area contributed by atoms with Crippen LogP contribution in [-0.4, -0.2) is 33.5 Å². The molecule has 2 saturated carbocycles. The van der Waals surface area contributed by atoms with E-state index in [-0.39, 0.29) is 54.5 Å². The van der Waals surface area contributed by atoms with Gasteiger partial charge in [-0.3, -0.25) is 0 Å². The van der Waals surface area contributed by atoms with E-state index < -0.39 is 0 Å². The van der Waals surface area contributed by atoms with Crippen molar-refractivity contribution in [2.75, 3.05) is 11.5 Å². The zero-order valence-electron chi connectivity index (χ0n) is 11.4. The Morgan fingerprint density at radius 3 is 2.89 bits per heavy atom. The molecule has 108 valence electrons. The molecule has 0 aromatic carbocycles. The van der Waals surface area contributed by atoms with Gasteiger partial charge in [0.2, 0.25) is 0 Å². The third kappa shape index (κ3) is 2.08. The van der Waals surface area contributed by atoms with Crippen LogP contribution in [0.2, 0.25) is 0 Å². The summed E-state index contributed by atoms with van der Waals surface area (Å²) in [7, 11) is 0. The number of esters is 2. The summed E-state index contributed by atoms with van der Waals surface area (Å²) < 4.78 is 11.0. The molecule has 2 bridgehead atoms. The Bertz CT molecular complexity index is 410. The van der Waals surface area contributed by atoms with Crippen molar-refractivity contribution >= 4 is 11.9 Å². The Kier molecular flexibility index (Phi) is 3.52. The van der Waals surface area contributed by atoms with Crippen molar-refractivity contribution in [3.63, 3.8) is 0 Å². The van der Waals surface area contributed by atoms with Crippen molar-refractivity contribution in [1.29, 1.82) is 0 Å². The zero-order valence-corrected chi connectivity index (χ0v) is 13.5. The molecule has 3 aliphatic rings. The molecule has 0 N–H and O–H groups in total. The summed E-state index contributed by atoms with van der Waals surface area (Å²) in [6, 6.07) is 0. The Balaban J connectivity index is 1.72. The second-order valence-corrected chi connectivity index (χ2v) is 9.11. The Morgan fingerprint density at radius 1 is 1.53 bits per heavy atom. The fourth-order valence-corrected chi connectivity index (χ4v) is 4.73. The molecule has 3 rings (SSSR count). The van der Waals surface area contributed by atoms with Gasteiger partial charge < -0.3 is 0 Å². The first-order valence-corrected chi connectivity index (χ1v) is 10.3. The van der Waals surface area contributed by atoms with Crippen molar-refractivity contribution in [2.24, 2.45) is 17.3 Å². The molecule has 5 unspecified atom stereocenters. The average molecular weight is 379 g/mol. The molecule has 2 aliphatic carbocycles. The Morgan fingerprint density at radius 2 is 2.32 bits per heavy atom. The number of carbonyl (C=O) groups is 2. The summed E-state index contributed by atoms with van der Waals surface area (Å²) in [5.41, 5.74) is -0.321. The van der Waals surface area contributed by atoms with Gasteiger partial charge in [0, 0.05) is 0 Å². The number of hydrogen-bond donors (Lipinski definition) is 0. The summed E-state index contributed by atoms with van der Waals surface area (Å²) in [6.45, 7) is 2.49. The van der Waals surface area contributed by atoms with Gasteiger partial charge in [0.05, 0.1) is 0 Å². The minimum atomic E-state index is -0.321. The molecular formula is C14H20IO4-. The number of rotatable bonds is 3. The van der Waals surface area contributed by atoms with Crippen LogP contribution in [0.15, 0.2) is 0 Å². The van der Waals surface area contributed by atoms with Crippen LogP contribution in [0.5, 0.6) is 0 Å². The predicted octanol–water partition coefficient (Wildman–Crippen LogP) is -1.63. The number of cyclic esters (lactones) is 1. The summed E-state index contributed by atoms with van der Waals surface area (Å²) in [5, 5.41) is 0. The van der Waals surface area contributed by atoms with Crippen LogP contribution in [0.25, 0.3) is 0 Å². The van der Waals surface area contributed by atoms with E-state index in [0.29, 0.717) is 12.5 Å². The molecule has 1 saturated heterocycles. The number of hydrogen-bond acceptors (Lipinski definition) is 4. The second kappa shape index (κ2) is 4.90. The first kappa shape index (κ1) is 13.6. The van der Waals surface area contributed by atoms with Crippen LogP contribution in [0, 0.1) is 17.3 Å². The van der Waals surface area contributed by atoms with Crippen LogP contribution < -0.4 is 21.2 Å². The van der Waals surface area contributed by atoms with Crippen molar-refractivity contribution in [3.05, 3.63) is 0 Å². The molecule has 3 fully saturated rings. The van der Waals surface area contributed by atoms with Crippen molar-refractivity contribution in [2.45, 2.75) is 42.6 Å². The van der Waals surface area contributed by atoms with E-state index in [1.807, 2.05) is 6.92 Å². The molecule has 0 amide bonds. The van der Waals surface area contributed by atoms with Crippen LogP contribution in [0.3, 0.4) is 0 Å². The second-order valence-electron chi connectivity index (χ2n) is 6.00. The van der Waals surface area contributed by atoms with E-state index in [0.717, 1.165) is 25.7 Å². The van der Waals surface area contributed by atoms with Gasteiger partial charge in [-0.1, -0.05) is 0 Å². The molecule has 1 spiro atoms. The maximum absolute atomic E-state index is 12.1. The predicted molar refractivity (Wildman–Crippen MR) is 64.1 cm³/mol. The van der Waals surface area contributed by atoms with E-state index in [1.54, 1.807) is 0 Å². The molecule has 1 heterocycles. The molecule has 0 aromatic rings. The molecule has 0 radical (unpaired) electrons. The van der Waals surface area contributed by atoms with E-state index >= 15 is 0 Å². The first-order chi connectivity index (χ1) is 9.06. The van der Waals surface area contributed by atoms with Gasteiger partial charge in [-0.15, -0.1) is 0 Å². The van der Waals surface area contributed by atoms with Crippen LogP contribution in [0.4, 0.5) is 0 Å². The third-order valence-corrected chi connectivity index (χ3v) is 7.45. The molecular weight excluding hydrogens is 359 g/mol. The van der Waals surface area contributed by atoms with E-state index in [1.165, 1.54) is 0 Å². The third-order valence-electron chi connectivity index (χ3n) is 5.07. The quantitative estimate of drug-likeness (QED) is 0.336. The topological polar surface area (TPSA) is 52.6 Å². The summed E-state index contributed by atoms with van der Waals surface area (Å²) in [4.78, 5) is 26.1. The molecule has 19 heavy (non-hydrogen) atoms. The van der Waals surface area contributed by atoms with Crippen LogP contribution >= 0.6 is 0 Å². The standard InChI is InChI=1S/C14H20IO4/c1-8(15-2)12(16)19-11-6-9-5-10(11)14(7-9)3-4-18-13(14)17/h8-11H,3-7H2,1-2H3/q-1. The fourth-order valence-electron chi connectivity index (χ4n) is 4.07. The van der Waals surface area contributed by atoms with Crippen molar-refractivity contribution in [1.82, 2.24) is 0 Å². The summed E-state index contributed by atoms with van der Waals surface area (Å²) in [6.07, 6.45) is 3.69. The Labute approximate surface area is 123 Å². The molecule has 1 aliphatic heterocycles. The van der Waals surface area contributed by atoms with Gasteiger partial charge in [-0.25, -0.2) is 0 Å². The summed E-state index contributed by atoms with van der Waals surface area (Å²) in [5.74, 6) is 0.643. The van der Waals surface area contributed by atoms with Gasteiger partial charge in [0.1, 0.15) is 0 Å². The monoisotopic (exact) mass is 379 g/mol. The molecule has 4 nitrogen and oxygen atoms in total. The van der Waals surface area contributed by atoms with E-state index in [2.05, 4.69) is 4.93 Å². The molecule has 5 heteroatoms. The average Bonchev–Trinajstić information content (AvgIpc) is 3.05. The van der Waals surface area contributed by atoms with E-state index in [4.69, 9.17) is 9.47 Å². The van der Waals surface area contributed by atoms with Gasteiger partial charge in [-0.05, 0) is 0 Å². The molecule has 0 aromatic heterocycles. The van der Waals surface area contributed by atoms with Gasteiger partial charge in [-0.2, -0.15) is 0 Å². The van der Waals surface area contributed by atoms with Gasteiger partial charge in [0.15, 0.2) is 0 Å². The van der Waals surface area contributed by atoms with Crippen LogP contribution in [0.1, 0.15) is 32.6 Å². The normalized spacial score (nSPS) is 41.8. The summed E-state index contributed by atoms with van der Waals surface area (Å²) >= 11 is -0.120. The van der Waals surface area contributed by atoms with Gasteiger partial charge in [0.25, 0.3) is 0 Å². The number of alkyl halides is 2. The SMILES string of the molecule is C[I-]C(C)C(=O)OC1CC2CC1C1(CCOC1=O)C2. The zero-order chi connectivity index (χ0) is 13.6. The number of carbonyl (C=O) groups excluding carboxylic acids is 2. The van der Waals surface area contributed by atoms with Crippen molar-refractivity contribution < 1.29 is 40.3 Å². The minimum absolute atomic E-state index is 0.0447. The first-order valence-electron chi connectivity index (χ1n) is 6.92. The van der Waals surface area contributed by atoms with Gasteiger partial charge >= 0.3 is 124 Å².